The first-order valence-corrected chi connectivity index (χ1v) is 14.9. The third-order valence-corrected chi connectivity index (χ3v) is 8.68. The van der Waals surface area contributed by atoms with Gasteiger partial charge in [0.05, 0.1) is 22.0 Å². The Morgan fingerprint density at radius 1 is 0.675 bits per heavy atom. The Kier molecular flexibility index (Phi) is 7.19. The molecule has 1 aliphatic rings. The molecule has 2 heterocycles. The average molecular weight is 550 g/mol. The predicted molar refractivity (Wildman–Crippen MR) is 160 cm³/mol. The molecule has 5 aromatic rings. The maximum absolute atomic E-state index is 13.3. The van der Waals surface area contributed by atoms with E-state index < -0.39 is 10.0 Å². The van der Waals surface area contributed by atoms with Gasteiger partial charge in [-0.3, -0.25) is 9.62 Å². The molecule has 202 valence electrons. The first-order chi connectivity index (χ1) is 19.5. The van der Waals surface area contributed by atoms with Crippen LogP contribution in [0.4, 0.5) is 11.6 Å². The molecule has 1 aromatic heterocycles. The number of nitrogens with zero attached hydrogens (tertiary/aromatic N) is 4. The lowest BCUT2D eigenvalue weighted by Gasteiger charge is -2.40. The largest absolute Gasteiger partial charge is 0.351 e. The molecular weight excluding hydrogens is 518 g/mol. The highest BCUT2D eigenvalue weighted by atomic mass is 32.2. The highest BCUT2D eigenvalue weighted by Gasteiger charge is 2.29. The normalized spacial score (nSPS) is 14.5. The van der Waals surface area contributed by atoms with E-state index in [1.165, 1.54) is 11.1 Å². The standard InChI is InChI=1S/C32H31N5O2S/c1-24-16-18-27(19-17-24)40(38,39)35-31-32(34-29-15-9-8-14-28(29)33-31)37-22-20-36(21-23-37)30(25-10-4-2-5-11-25)26-12-6-3-7-13-26/h2-19,30H,20-23H2,1H3,(H,33,35). The molecule has 1 fully saturated rings. The fourth-order valence-electron chi connectivity index (χ4n) is 5.26. The van der Waals surface area contributed by atoms with Crippen molar-refractivity contribution in [2.45, 2.75) is 17.9 Å². The van der Waals surface area contributed by atoms with E-state index >= 15 is 0 Å². The number of anilines is 2. The average Bonchev–Trinajstić information content (AvgIpc) is 2.98. The zero-order chi connectivity index (χ0) is 27.5. The lowest BCUT2D eigenvalue weighted by Crippen LogP contribution is -2.48. The second kappa shape index (κ2) is 11.1. The van der Waals surface area contributed by atoms with Gasteiger partial charge in [0.2, 0.25) is 0 Å². The number of para-hydroxylation sites is 2. The Morgan fingerprint density at radius 3 is 1.77 bits per heavy atom. The Balaban J connectivity index is 1.30. The van der Waals surface area contributed by atoms with Crippen molar-refractivity contribution in [3.05, 3.63) is 126 Å². The topological polar surface area (TPSA) is 78.4 Å². The summed E-state index contributed by atoms with van der Waals surface area (Å²) >= 11 is 0. The molecule has 1 aliphatic heterocycles. The van der Waals surface area contributed by atoms with Crippen molar-refractivity contribution < 1.29 is 8.42 Å². The van der Waals surface area contributed by atoms with Crippen molar-refractivity contribution in [1.29, 1.82) is 0 Å². The molecule has 0 bridgehead atoms. The zero-order valence-electron chi connectivity index (χ0n) is 22.3. The van der Waals surface area contributed by atoms with Crippen LogP contribution in [0.25, 0.3) is 11.0 Å². The second-order valence-electron chi connectivity index (χ2n) is 10.1. The van der Waals surface area contributed by atoms with Gasteiger partial charge in [-0.2, -0.15) is 0 Å². The maximum Gasteiger partial charge on any atom is 0.263 e. The quantitative estimate of drug-likeness (QED) is 0.283. The molecule has 0 amide bonds. The van der Waals surface area contributed by atoms with E-state index in [4.69, 9.17) is 9.97 Å². The molecule has 1 saturated heterocycles. The molecule has 0 saturated carbocycles. The van der Waals surface area contributed by atoms with E-state index in [-0.39, 0.29) is 16.8 Å². The number of benzene rings is 4. The van der Waals surface area contributed by atoms with E-state index in [1.807, 2.05) is 43.3 Å². The summed E-state index contributed by atoms with van der Waals surface area (Å²) in [6.07, 6.45) is 0. The molecule has 4 aromatic carbocycles. The zero-order valence-corrected chi connectivity index (χ0v) is 23.1. The summed E-state index contributed by atoms with van der Waals surface area (Å²) in [5.74, 6) is 0.792. The van der Waals surface area contributed by atoms with Crippen LogP contribution in [0.2, 0.25) is 0 Å². The molecule has 0 atom stereocenters. The van der Waals surface area contributed by atoms with Gasteiger partial charge in [0.25, 0.3) is 10.0 Å². The Hall–Kier alpha value is -4.27. The van der Waals surface area contributed by atoms with Crippen LogP contribution >= 0.6 is 0 Å². The van der Waals surface area contributed by atoms with Crippen LogP contribution in [0.1, 0.15) is 22.7 Å². The SMILES string of the molecule is Cc1ccc(S(=O)(=O)Nc2nc3ccccc3nc2N2CCN(C(c3ccccc3)c3ccccc3)CC2)cc1. The molecule has 0 radical (unpaired) electrons. The minimum Gasteiger partial charge on any atom is -0.351 e. The number of nitrogens with one attached hydrogen (secondary N) is 1. The second-order valence-corrected chi connectivity index (χ2v) is 11.7. The molecule has 0 aliphatic carbocycles. The molecule has 40 heavy (non-hydrogen) atoms. The number of rotatable bonds is 7. The van der Waals surface area contributed by atoms with Crippen molar-refractivity contribution >= 4 is 32.7 Å². The monoisotopic (exact) mass is 549 g/mol. The fraction of sp³-hybridized carbons (Fsp3) is 0.188. The fourth-order valence-corrected chi connectivity index (χ4v) is 6.26. The first-order valence-electron chi connectivity index (χ1n) is 13.4. The minimum atomic E-state index is -3.85. The van der Waals surface area contributed by atoms with Crippen molar-refractivity contribution in [3.63, 3.8) is 0 Å². The molecule has 0 spiro atoms. The van der Waals surface area contributed by atoms with Gasteiger partial charge in [-0.15, -0.1) is 0 Å². The molecular formula is C32H31N5O2S. The van der Waals surface area contributed by atoms with Gasteiger partial charge in [-0.1, -0.05) is 90.5 Å². The number of hydrogen-bond donors (Lipinski definition) is 1. The molecule has 0 unspecified atom stereocenters. The van der Waals surface area contributed by atoms with Gasteiger partial charge < -0.3 is 4.90 Å². The number of aromatic nitrogens is 2. The highest BCUT2D eigenvalue weighted by molar-refractivity contribution is 7.92. The number of sulfonamides is 1. The number of fused-ring (bicyclic) bond motifs is 1. The summed E-state index contributed by atoms with van der Waals surface area (Å²) in [7, 11) is -3.85. The first kappa shape index (κ1) is 26.0. The van der Waals surface area contributed by atoms with Crippen LogP contribution in [-0.2, 0) is 10.0 Å². The van der Waals surface area contributed by atoms with E-state index in [9.17, 15) is 8.42 Å². The molecule has 6 rings (SSSR count). The van der Waals surface area contributed by atoms with Gasteiger partial charge in [0.1, 0.15) is 0 Å². The van der Waals surface area contributed by atoms with E-state index in [0.29, 0.717) is 24.4 Å². The Labute approximate surface area is 235 Å². The van der Waals surface area contributed by atoms with Crippen LogP contribution in [0.5, 0.6) is 0 Å². The summed E-state index contributed by atoms with van der Waals surface area (Å²) in [5.41, 5.74) is 4.86. The molecule has 8 heteroatoms. The highest BCUT2D eigenvalue weighted by Crippen LogP contribution is 2.32. The third kappa shape index (κ3) is 5.41. The van der Waals surface area contributed by atoms with Crippen molar-refractivity contribution in [3.8, 4) is 0 Å². The van der Waals surface area contributed by atoms with Crippen molar-refractivity contribution in [1.82, 2.24) is 14.9 Å². The summed E-state index contributed by atoms with van der Waals surface area (Å²) in [4.78, 5) is 14.4. The van der Waals surface area contributed by atoms with Gasteiger partial charge in [-0.25, -0.2) is 18.4 Å². The van der Waals surface area contributed by atoms with Gasteiger partial charge >= 0.3 is 0 Å². The number of hydrogen-bond acceptors (Lipinski definition) is 6. The van der Waals surface area contributed by atoms with Crippen molar-refractivity contribution in [2.75, 3.05) is 35.8 Å². The predicted octanol–water partition coefficient (Wildman–Crippen LogP) is 5.65. The minimum absolute atomic E-state index is 0.131. The van der Waals surface area contributed by atoms with E-state index in [1.54, 1.807) is 24.3 Å². The lowest BCUT2D eigenvalue weighted by molar-refractivity contribution is 0.212. The number of aryl methyl sites for hydroxylation is 1. The Morgan fingerprint density at radius 2 is 1.20 bits per heavy atom. The smallest absolute Gasteiger partial charge is 0.263 e. The summed E-state index contributed by atoms with van der Waals surface area (Å²) in [5, 5.41) is 0. The van der Waals surface area contributed by atoms with Crippen LogP contribution in [-0.4, -0.2) is 49.5 Å². The van der Waals surface area contributed by atoms with Gasteiger partial charge in [-0.05, 0) is 42.3 Å². The van der Waals surface area contributed by atoms with Gasteiger partial charge in [0.15, 0.2) is 11.6 Å². The molecule has 7 nitrogen and oxygen atoms in total. The summed E-state index contributed by atoms with van der Waals surface area (Å²) < 4.78 is 29.4. The van der Waals surface area contributed by atoms with Crippen LogP contribution in [0.15, 0.2) is 114 Å². The summed E-state index contributed by atoms with van der Waals surface area (Å²) in [6.45, 7) is 4.86. The van der Waals surface area contributed by atoms with Crippen LogP contribution in [0.3, 0.4) is 0 Å². The van der Waals surface area contributed by atoms with Gasteiger partial charge in [0, 0.05) is 26.2 Å². The number of piperazine rings is 1. The lowest BCUT2D eigenvalue weighted by atomic mass is 9.96. The summed E-state index contributed by atoms with van der Waals surface area (Å²) in [6, 6.07) is 35.6. The van der Waals surface area contributed by atoms with Crippen LogP contribution < -0.4 is 9.62 Å². The third-order valence-electron chi connectivity index (χ3n) is 7.32. The maximum atomic E-state index is 13.3. The molecule has 1 N–H and O–H groups in total. The van der Waals surface area contributed by atoms with E-state index in [0.717, 1.165) is 24.2 Å². The van der Waals surface area contributed by atoms with Crippen molar-refractivity contribution in [2.24, 2.45) is 0 Å². The van der Waals surface area contributed by atoms with E-state index in [2.05, 4.69) is 63.1 Å². The van der Waals surface area contributed by atoms with Crippen LogP contribution in [0, 0.1) is 6.92 Å². The Bertz CT molecular complexity index is 1660.